The third-order valence-corrected chi connectivity index (χ3v) is 2.76. The summed E-state index contributed by atoms with van der Waals surface area (Å²) in [4.78, 5) is 10.8. The van der Waals surface area contributed by atoms with Gasteiger partial charge in [0.05, 0.1) is 5.92 Å². The smallest absolute Gasteiger partial charge is 0.312 e. The first-order valence-corrected chi connectivity index (χ1v) is 5.02. The molecule has 1 aliphatic rings. The van der Waals surface area contributed by atoms with Gasteiger partial charge in [0.2, 0.25) is 0 Å². The molecule has 2 rings (SSSR count). The van der Waals surface area contributed by atoms with Gasteiger partial charge in [0.25, 0.3) is 0 Å². The van der Waals surface area contributed by atoms with Crippen molar-refractivity contribution >= 4 is 5.97 Å². The van der Waals surface area contributed by atoms with Crippen molar-refractivity contribution in [2.45, 2.75) is 25.9 Å². The zero-order valence-electron chi connectivity index (χ0n) is 8.27. The third kappa shape index (κ3) is 1.79. The molecule has 74 valence electrons. The van der Waals surface area contributed by atoms with Gasteiger partial charge in [-0.3, -0.25) is 4.79 Å². The molecule has 0 spiro atoms. The number of hydrogen-bond acceptors (Lipinski definition) is 2. The van der Waals surface area contributed by atoms with Gasteiger partial charge in [0, 0.05) is 0 Å². The molecule has 0 unspecified atom stereocenters. The highest BCUT2D eigenvalue weighted by Crippen LogP contribution is 2.25. The van der Waals surface area contributed by atoms with Crippen molar-refractivity contribution in [3.05, 3.63) is 35.9 Å². The number of carbonyl (C=O) groups excluding carboxylic acids is 1. The Bertz CT molecular complexity index is 318. The average Bonchev–Trinajstić information content (AvgIpc) is 2.25. The van der Waals surface area contributed by atoms with Crippen LogP contribution in [-0.4, -0.2) is 12.1 Å². The molecule has 1 fully saturated rings. The van der Waals surface area contributed by atoms with Crippen LogP contribution in [0.3, 0.4) is 0 Å². The predicted octanol–water partition coefficient (Wildman–Crippen LogP) is 2.18. The molecule has 2 atom stereocenters. The second-order valence-electron chi connectivity index (χ2n) is 3.79. The van der Waals surface area contributed by atoms with Gasteiger partial charge < -0.3 is 4.74 Å². The highest BCUT2D eigenvalue weighted by atomic mass is 16.6. The minimum absolute atomic E-state index is 0.0527. The number of ether oxygens (including phenoxy) is 1. The summed E-state index contributed by atoms with van der Waals surface area (Å²) in [6.45, 7) is 1.93. The molecular weight excluding hydrogens is 176 g/mol. The normalized spacial score (nSPS) is 25.4. The lowest BCUT2D eigenvalue weighted by Gasteiger charge is -2.32. The lowest BCUT2D eigenvalue weighted by Crippen LogP contribution is -2.43. The fourth-order valence-corrected chi connectivity index (χ4v) is 1.70. The number of aryl methyl sites for hydroxylation is 1. The topological polar surface area (TPSA) is 26.3 Å². The maximum atomic E-state index is 10.8. The largest absolute Gasteiger partial charge is 0.461 e. The van der Waals surface area contributed by atoms with E-state index in [-0.39, 0.29) is 18.0 Å². The summed E-state index contributed by atoms with van der Waals surface area (Å²) < 4.78 is 5.03. The van der Waals surface area contributed by atoms with Crippen LogP contribution in [0.5, 0.6) is 0 Å². The van der Waals surface area contributed by atoms with Crippen LogP contribution in [0.4, 0.5) is 0 Å². The fraction of sp³-hybridized carbons (Fsp3) is 0.417. The Morgan fingerprint density at radius 2 is 2.00 bits per heavy atom. The van der Waals surface area contributed by atoms with Gasteiger partial charge in [-0.05, 0) is 25.3 Å². The van der Waals surface area contributed by atoms with Crippen LogP contribution in [0.15, 0.2) is 30.3 Å². The Hall–Kier alpha value is -1.31. The van der Waals surface area contributed by atoms with E-state index >= 15 is 0 Å². The number of cyclic esters (lactones) is 1. The summed E-state index contributed by atoms with van der Waals surface area (Å²) in [5, 5.41) is 0. The van der Waals surface area contributed by atoms with E-state index in [1.54, 1.807) is 0 Å². The molecule has 0 bridgehead atoms. The summed E-state index contributed by atoms with van der Waals surface area (Å²) in [6.07, 6.45) is 2.07. The van der Waals surface area contributed by atoms with Crippen LogP contribution in [-0.2, 0) is 16.0 Å². The van der Waals surface area contributed by atoms with E-state index in [1.165, 1.54) is 5.56 Å². The van der Waals surface area contributed by atoms with Gasteiger partial charge in [-0.15, -0.1) is 0 Å². The van der Waals surface area contributed by atoms with Crippen LogP contribution in [0.1, 0.15) is 18.9 Å². The minimum atomic E-state index is -0.0527. The van der Waals surface area contributed by atoms with E-state index in [9.17, 15) is 4.79 Å². The first kappa shape index (κ1) is 9.25. The standard InChI is InChI=1S/C12H14O2/c1-9-11(14-12(9)13)8-7-10-5-3-2-4-6-10/h2-6,9,11H,7-8H2,1H3/t9-,11-/m0/s1. The zero-order chi connectivity index (χ0) is 9.97. The number of rotatable bonds is 3. The van der Waals surface area contributed by atoms with E-state index in [4.69, 9.17) is 4.74 Å². The van der Waals surface area contributed by atoms with Crippen LogP contribution in [0.2, 0.25) is 0 Å². The molecule has 0 aromatic heterocycles. The second kappa shape index (κ2) is 3.82. The number of esters is 1. The molecule has 1 aromatic rings. The second-order valence-corrected chi connectivity index (χ2v) is 3.79. The summed E-state index contributed by atoms with van der Waals surface area (Å²) >= 11 is 0. The van der Waals surface area contributed by atoms with Crippen molar-refractivity contribution in [1.29, 1.82) is 0 Å². The van der Waals surface area contributed by atoms with E-state index in [2.05, 4.69) is 12.1 Å². The third-order valence-electron chi connectivity index (χ3n) is 2.76. The Balaban J connectivity index is 1.81. The quantitative estimate of drug-likeness (QED) is 0.683. The maximum absolute atomic E-state index is 10.8. The van der Waals surface area contributed by atoms with Crippen molar-refractivity contribution in [1.82, 2.24) is 0 Å². The molecule has 1 heterocycles. The first-order valence-electron chi connectivity index (χ1n) is 5.02. The zero-order valence-corrected chi connectivity index (χ0v) is 8.27. The number of benzene rings is 1. The Morgan fingerprint density at radius 3 is 2.57 bits per heavy atom. The summed E-state index contributed by atoms with van der Waals surface area (Å²) in [7, 11) is 0. The van der Waals surface area contributed by atoms with Crippen molar-refractivity contribution in [3.63, 3.8) is 0 Å². The van der Waals surface area contributed by atoms with E-state index < -0.39 is 0 Å². The Kier molecular flexibility index (Phi) is 2.53. The molecule has 2 heteroatoms. The van der Waals surface area contributed by atoms with E-state index in [1.807, 2.05) is 25.1 Å². The summed E-state index contributed by atoms with van der Waals surface area (Å²) in [5.41, 5.74) is 1.31. The average molecular weight is 190 g/mol. The van der Waals surface area contributed by atoms with Crippen molar-refractivity contribution in [2.75, 3.05) is 0 Å². The van der Waals surface area contributed by atoms with Crippen molar-refractivity contribution in [3.8, 4) is 0 Å². The molecule has 2 nitrogen and oxygen atoms in total. The number of hydrogen-bond donors (Lipinski definition) is 0. The molecule has 0 amide bonds. The Labute approximate surface area is 83.9 Å². The highest BCUT2D eigenvalue weighted by molar-refractivity contribution is 5.77. The van der Waals surface area contributed by atoms with Gasteiger partial charge in [0.15, 0.2) is 0 Å². The van der Waals surface area contributed by atoms with Gasteiger partial charge >= 0.3 is 5.97 Å². The summed E-state index contributed by atoms with van der Waals surface area (Å²) in [6, 6.07) is 10.3. The van der Waals surface area contributed by atoms with Gasteiger partial charge in [-0.1, -0.05) is 30.3 Å². The minimum Gasteiger partial charge on any atom is -0.461 e. The molecule has 1 aromatic carbocycles. The molecular formula is C12H14O2. The molecule has 1 aliphatic heterocycles. The number of carbonyl (C=O) groups is 1. The molecule has 0 aliphatic carbocycles. The maximum Gasteiger partial charge on any atom is 0.312 e. The van der Waals surface area contributed by atoms with Crippen LogP contribution in [0, 0.1) is 5.92 Å². The van der Waals surface area contributed by atoms with Crippen molar-refractivity contribution in [2.24, 2.45) is 5.92 Å². The Morgan fingerprint density at radius 1 is 1.29 bits per heavy atom. The van der Waals surface area contributed by atoms with Crippen LogP contribution >= 0.6 is 0 Å². The van der Waals surface area contributed by atoms with Gasteiger partial charge in [-0.25, -0.2) is 0 Å². The molecule has 14 heavy (non-hydrogen) atoms. The van der Waals surface area contributed by atoms with Crippen LogP contribution in [0.25, 0.3) is 0 Å². The lowest BCUT2D eigenvalue weighted by atomic mass is 9.93. The van der Waals surface area contributed by atoms with Gasteiger partial charge in [0.1, 0.15) is 6.10 Å². The SMILES string of the molecule is C[C@@H]1C(=O)O[C@H]1CCc1ccccc1. The molecule has 0 N–H and O–H groups in total. The fourth-order valence-electron chi connectivity index (χ4n) is 1.70. The molecule has 0 saturated carbocycles. The lowest BCUT2D eigenvalue weighted by molar-refractivity contribution is -0.183. The predicted molar refractivity (Wildman–Crippen MR) is 53.8 cm³/mol. The molecule has 1 saturated heterocycles. The van der Waals surface area contributed by atoms with Crippen LogP contribution < -0.4 is 0 Å². The van der Waals surface area contributed by atoms with Gasteiger partial charge in [-0.2, -0.15) is 0 Å². The molecule has 0 radical (unpaired) electrons. The highest BCUT2D eigenvalue weighted by Gasteiger charge is 2.37. The van der Waals surface area contributed by atoms with E-state index in [0.717, 1.165) is 12.8 Å². The van der Waals surface area contributed by atoms with E-state index in [0.29, 0.717) is 0 Å². The van der Waals surface area contributed by atoms with Crippen molar-refractivity contribution < 1.29 is 9.53 Å². The summed E-state index contributed by atoms with van der Waals surface area (Å²) in [5.74, 6) is 0.0433. The first-order chi connectivity index (χ1) is 6.77. The monoisotopic (exact) mass is 190 g/mol.